The van der Waals surface area contributed by atoms with E-state index in [4.69, 9.17) is 9.47 Å². The molecule has 0 saturated heterocycles. The summed E-state index contributed by atoms with van der Waals surface area (Å²) in [6.07, 6.45) is 3.45. The van der Waals surface area contributed by atoms with Crippen LogP contribution in [0.15, 0.2) is 65.1 Å². The van der Waals surface area contributed by atoms with Gasteiger partial charge in [-0.3, -0.25) is 9.59 Å². The molecule has 5 rings (SSSR count). The third-order valence-electron chi connectivity index (χ3n) is 6.59. The minimum atomic E-state index is -0.674. The van der Waals surface area contributed by atoms with Gasteiger partial charge in [-0.25, -0.2) is 17.6 Å². The van der Waals surface area contributed by atoms with E-state index < -0.39 is 23.3 Å². The predicted octanol–water partition coefficient (Wildman–Crippen LogP) is 9.33. The molecule has 0 N–H and O–H groups in total. The smallest absolute Gasteiger partial charge is 0.153 e. The average Bonchev–Trinajstić information content (AvgIpc) is 3.80. The van der Waals surface area contributed by atoms with Gasteiger partial charge in [0.05, 0.1) is 24.3 Å². The predicted molar refractivity (Wildman–Crippen MR) is 156 cm³/mol. The van der Waals surface area contributed by atoms with Crippen LogP contribution in [0.25, 0.3) is 22.3 Å². The van der Waals surface area contributed by atoms with Gasteiger partial charge in [-0.15, -0.1) is 0 Å². The number of halogens is 5. The minimum absolute atomic E-state index is 0.233. The quantitative estimate of drug-likeness (QED) is 0.135. The van der Waals surface area contributed by atoms with Gasteiger partial charge in [-0.05, 0) is 92.3 Å². The number of ether oxygens (including phenoxy) is 2. The van der Waals surface area contributed by atoms with E-state index in [1.165, 1.54) is 24.3 Å². The second-order valence-corrected chi connectivity index (χ2v) is 10.3. The summed E-state index contributed by atoms with van der Waals surface area (Å²) >= 11 is 3.29. The molecule has 4 aromatic rings. The van der Waals surface area contributed by atoms with Crippen molar-refractivity contribution in [3.63, 3.8) is 0 Å². The first kappa shape index (κ1) is 31.0. The summed E-state index contributed by atoms with van der Waals surface area (Å²) in [5.41, 5.74) is 3.50. The third kappa shape index (κ3) is 7.07. The van der Waals surface area contributed by atoms with Gasteiger partial charge in [-0.2, -0.15) is 0 Å². The van der Waals surface area contributed by atoms with Crippen molar-refractivity contribution in [1.82, 2.24) is 0 Å². The van der Waals surface area contributed by atoms with Gasteiger partial charge in [0.2, 0.25) is 0 Å². The number of carbonyl (C=O) groups is 2. The van der Waals surface area contributed by atoms with Gasteiger partial charge >= 0.3 is 0 Å². The molecular weight excluding hydrogens is 616 g/mol. The first-order valence-electron chi connectivity index (χ1n) is 13.3. The molecule has 1 fully saturated rings. The number of hydrogen-bond donors (Lipinski definition) is 0. The van der Waals surface area contributed by atoms with Crippen LogP contribution in [-0.4, -0.2) is 25.8 Å². The average molecular weight is 643 g/mol. The lowest BCUT2D eigenvalue weighted by Crippen LogP contribution is -2.00. The Bertz CT molecular complexity index is 1620. The van der Waals surface area contributed by atoms with Crippen LogP contribution >= 0.6 is 15.9 Å². The zero-order valence-electron chi connectivity index (χ0n) is 22.9. The van der Waals surface area contributed by atoms with E-state index in [2.05, 4.69) is 15.9 Å². The van der Waals surface area contributed by atoms with Gasteiger partial charge in [-0.1, -0.05) is 15.9 Å². The van der Waals surface area contributed by atoms with Gasteiger partial charge < -0.3 is 9.47 Å². The normalized spacial score (nSPS) is 12.3. The fourth-order valence-corrected chi connectivity index (χ4v) is 5.09. The lowest BCUT2D eigenvalue weighted by molar-refractivity contribution is 0.111. The first-order valence-corrected chi connectivity index (χ1v) is 14.1. The van der Waals surface area contributed by atoms with Crippen LogP contribution in [0.2, 0.25) is 0 Å². The van der Waals surface area contributed by atoms with Crippen LogP contribution in [0, 0.1) is 23.3 Å². The van der Waals surface area contributed by atoms with Crippen LogP contribution in [0.1, 0.15) is 58.9 Å². The molecule has 0 unspecified atom stereocenters. The Morgan fingerprint density at radius 1 is 0.690 bits per heavy atom. The Morgan fingerprint density at radius 2 is 1.17 bits per heavy atom. The molecule has 0 spiro atoms. The van der Waals surface area contributed by atoms with E-state index in [1.807, 2.05) is 6.92 Å². The second-order valence-electron chi connectivity index (χ2n) is 9.47. The molecule has 1 saturated carbocycles. The van der Waals surface area contributed by atoms with Crippen LogP contribution in [0.4, 0.5) is 17.6 Å². The van der Waals surface area contributed by atoms with E-state index in [0.29, 0.717) is 69.2 Å². The van der Waals surface area contributed by atoms with Crippen molar-refractivity contribution in [3.8, 4) is 33.8 Å². The van der Waals surface area contributed by atoms with Gasteiger partial charge in [0.25, 0.3) is 0 Å². The van der Waals surface area contributed by atoms with Crippen molar-refractivity contribution >= 4 is 28.5 Å². The van der Waals surface area contributed by atoms with Crippen molar-refractivity contribution < 1.29 is 36.6 Å². The van der Waals surface area contributed by atoms with E-state index in [0.717, 1.165) is 36.8 Å². The van der Waals surface area contributed by atoms with Crippen molar-refractivity contribution in [2.45, 2.75) is 32.6 Å². The number of benzene rings is 4. The fraction of sp³-hybridized carbons (Fsp3) is 0.212. The first-order chi connectivity index (χ1) is 20.2. The van der Waals surface area contributed by atoms with Gasteiger partial charge in [0.1, 0.15) is 34.8 Å². The topological polar surface area (TPSA) is 52.6 Å². The molecule has 0 aromatic heterocycles. The van der Waals surface area contributed by atoms with Crippen molar-refractivity contribution in [2.75, 3.05) is 13.2 Å². The van der Waals surface area contributed by atoms with E-state index in [9.17, 15) is 27.2 Å². The van der Waals surface area contributed by atoms with E-state index in [1.54, 1.807) is 31.2 Å². The fourth-order valence-electron chi connectivity index (χ4n) is 4.52. The molecule has 1 aliphatic carbocycles. The largest absolute Gasteiger partial charge is 0.493 e. The Hall–Kier alpha value is -3.98. The molecule has 0 amide bonds. The number of carbonyl (C=O) groups excluding carboxylic acids is 2. The number of aldehydes is 2. The Labute approximate surface area is 249 Å². The summed E-state index contributed by atoms with van der Waals surface area (Å²) in [4.78, 5) is 22.2. The van der Waals surface area contributed by atoms with Crippen molar-refractivity contribution in [2.24, 2.45) is 0 Å². The highest BCUT2D eigenvalue weighted by Gasteiger charge is 2.28. The van der Waals surface area contributed by atoms with E-state index >= 15 is 0 Å². The standard InChI is InChI=1S/C18H16F2O2.C15H11BrF2O2/c1-2-22-18-9-16(14-6-5-13(19)8-17(14)20)15(11-3-4-11)7-12(18)10-21;1-2-20-15-7-12(13(16)5-9(15)8-19)11-4-3-10(17)6-14(11)18/h5-11H,2-4H2,1H3;3-8H,2H2,1H3. The second kappa shape index (κ2) is 13.8. The van der Waals surface area contributed by atoms with Crippen LogP contribution < -0.4 is 9.47 Å². The van der Waals surface area contributed by atoms with Crippen LogP contribution in [-0.2, 0) is 0 Å². The monoisotopic (exact) mass is 642 g/mol. The Morgan fingerprint density at radius 3 is 1.62 bits per heavy atom. The summed E-state index contributed by atoms with van der Waals surface area (Å²) in [5, 5.41) is 0. The SMILES string of the molecule is CCOc1cc(-c2ccc(F)cc2F)c(Br)cc1C=O.CCOc1cc(-c2ccc(F)cc2F)c(C2CC2)cc1C=O. The highest BCUT2D eigenvalue weighted by Crippen LogP contribution is 2.46. The summed E-state index contributed by atoms with van der Waals surface area (Å²) in [5.74, 6) is -1.41. The molecular formula is C33H27BrF4O4. The third-order valence-corrected chi connectivity index (χ3v) is 7.25. The molecule has 0 radical (unpaired) electrons. The van der Waals surface area contributed by atoms with Gasteiger partial charge in [0, 0.05) is 33.3 Å². The maximum atomic E-state index is 14.1. The molecule has 0 atom stereocenters. The van der Waals surface area contributed by atoms with Crippen LogP contribution in [0.5, 0.6) is 11.5 Å². The van der Waals surface area contributed by atoms with Crippen molar-refractivity contribution in [3.05, 3.63) is 105 Å². The number of rotatable bonds is 9. The molecule has 218 valence electrons. The molecule has 4 aromatic carbocycles. The molecule has 1 aliphatic rings. The molecule has 9 heteroatoms. The molecule has 42 heavy (non-hydrogen) atoms. The highest BCUT2D eigenvalue weighted by atomic mass is 79.9. The lowest BCUT2D eigenvalue weighted by atomic mass is 9.94. The molecule has 4 nitrogen and oxygen atoms in total. The lowest BCUT2D eigenvalue weighted by Gasteiger charge is -2.15. The highest BCUT2D eigenvalue weighted by molar-refractivity contribution is 9.10. The maximum absolute atomic E-state index is 14.1. The van der Waals surface area contributed by atoms with Crippen molar-refractivity contribution in [1.29, 1.82) is 0 Å². The minimum Gasteiger partial charge on any atom is -0.493 e. The zero-order chi connectivity index (χ0) is 30.4. The zero-order valence-corrected chi connectivity index (χ0v) is 24.4. The molecule has 0 heterocycles. The van der Waals surface area contributed by atoms with Gasteiger partial charge in [0.15, 0.2) is 12.6 Å². The Kier molecular flexibility index (Phi) is 10.2. The number of hydrogen-bond acceptors (Lipinski definition) is 4. The molecule has 0 aliphatic heterocycles. The summed E-state index contributed by atoms with van der Waals surface area (Å²) in [6, 6.07) is 13.5. The van der Waals surface area contributed by atoms with Crippen LogP contribution in [0.3, 0.4) is 0 Å². The Balaban J connectivity index is 0.000000194. The summed E-state index contributed by atoms with van der Waals surface area (Å²) < 4.78 is 65.5. The van der Waals surface area contributed by atoms with E-state index in [-0.39, 0.29) is 5.56 Å². The summed E-state index contributed by atoms with van der Waals surface area (Å²) in [6.45, 7) is 4.40. The summed E-state index contributed by atoms with van der Waals surface area (Å²) in [7, 11) is 0. The molecule has 0 bridgehead atoms. The maximum Gasteiger partial charge on any atom is 0.153 e.